The molecule has 2 aliphatic rings. The summed E-state index contributed by atoms with van der Waals surface area (Å²) in [6.07, 6.45) is 2.57. The second kappa shape index (κ2) is 9.59. The average molecular weight is 339 g/mol. The topological polar surface area (TPSA) is 60.1 Å². The summed E-state index contributed by atoms with van der Waals surface area (Å²) in [6.45, 7) is 15.4. The van der Waals surface area contributed by atoms with Crippen molar-refractivity contribution >= 4 is 5.96 Å². The predicted molar refractivity (Wildman–Crippen MR) is 102 cm³/mol. The number of rotatable bonds is 7. The molecule has 140 valence electrons. The van der Waals surface area contributed by atoms with E-state index in [1.807, 2.05) is 0 Å². The van der Waals surface area contributed by atoms with Gasteiger partial charge >= 0.3 is 0 Å². The van der Waals surface area contributed by atoms with Crippen LogP contribution in [0.3, 0.4) is 0 Å². The molecule has 0 bridgehead atoms. The van der Waals surface area contributed by atoms with E-state index in [9.17, 15) is 0 Å². The van der Waals surface area contributed by atoms with Crippen molar-refractivity contribution in [3.05, 3.63) is 0 Å². The van der Waals surface area contributed by atoms with E-state index >= 15 is 0 Å². The van der Waals surface area contributed by atoms with Crippen molar-refractivity contribution in [2.24, 2.45) is 16.6 Å². The molecular weight excluding hydrogens is 300 g/mol. The summed E-state index contributed by atoms with van der Waals surface area (Å²) in [5.41, 5.74) is 6.13. The second-order valence-electron chi connectivity index (χ2n) is 7.68. The van der Waals surface area contributed by atoms with Crippen LogP contribution in [0.1, 0.15) is 33.6 Å². The van der Waals surface area contributed by atoms with Gasteiger partial charge in [0.2, 0.25) is 0 Å². The second-order valence-corrected chi connectivity index (χ2v) is 7.68. The van der Waals surface area contributed by atoms with E-state index in [1.54, 1.807) is 0 Å². The fraction of sp³-hybridized carbons (Fsp3) is 0.944. The van der Waals surface area contributed by atoms with Crippen molar-refractivity contribution in [2.45, 2.75) is 45.7 Å². The van der Waals surface area contributed by atoms with Gasteiger partial charge in [-0.15, -0.1) is 0 Å². The van der Waals surface area contributed by atoms with Crippen molar-refractivity contribution in [3.8, 4) is 0 Å². The average Bonchev–Trinajstić information content (AvgIpc) is 3.02. The Balaban J connectivity index is 1.80. The van der Waals surface area contributed by atoms with Crippen molar-refractivity contribution in [3.63, 3.8) is 0 Å². The Morgan fingerprint density at radius 3 is 2.54 bits per heavy atom. The third-order valence-electron chi connectivity index (χ3n) is 5.65. The lowest BCUT2D eigenvalue weighted by Gasteiger charge is -2.39. The number of piperazine rings is 1. The minimum absolute atomic E-state index is 0.484. The molecule has 0 radical (unpaired) electrons. The summed E-state index contributed by atoms with van der Waals surface area (Å²) < 4.78 is 0. The van der Waals surface area contributed by atoms with Gasteiger partial charge in [0, 0.05) is 44.8 Å². The van der Waals surface area contributed by atoms with Gasteiger partial charge in [-0.05, 0) is 38.9 Å². The van der Waals surface area contributed by atoms with Crippen LogP contribution in [-0.2, 0) is 0 Å². The van der Waals surface area contributed by atoms with Crippen LogP contribution in [0.2, 0.25) is 0 Å². The number of likely N-dealkylation sites (tertiary alicyclic amines) is 1. The molecule has 2 unspecified atom stereocenters. The van der Waals surface area contributed by atoms with Crippen LogP contribution in [0.4, 0.5) is 0 Å². The summed E-state index contributed by atoms with van der Waals surface area (Å²) in [6, 6.07) is 1.10. The molecule has 6 nitrogen and oxygen atoms in total. The molecule has 24 heavy (non-hydrogen) atoms. The molecule has 2 heterocycles. The van der Waals surface area contributed by atoms with Crippen LogP contribution in [0, 0.1) is 5.92 Å². The Labute approximate surface area is 148 Å². The number of hydrogen-bond donors (Lipinski definition) is 2. The van der Waals surface area contributed by atoms with Gasteiger partial charge in [0.25, 0.3) is 0 Å². The Bertz CT molecular complexity index is 389. The molecule has 0 aromatic heterocycles. The van der Waals surface area contributed by atoms with Crippen LogP contribution < -0.4 is 11.1 Å². The first-order valence-corrected chi connectivity index (χ1v) is 9.71. The van der Waals surface area contributed by atoms with E-state index < -0.39 is 0 Å². The standard InChI is InChI=1S/C18H38N6/c1-5-23-8-6-7-16(23)13-20-18(19)21-14-17(15(2)3)24-11-9-22(4)10-12-24/h15-17H,5-14H2,1-4H3,(H3,19,20,21). The first-order valence-electron chi connectivity index (χ1n) is 9.71. The number of aliphatic imine (C=N–C) groups is 1. The number of guanidine groups is 1. The monoisotopic (exact) mass is 338 g/mol. The highest BCUT2D eigenvalue weighted by atomic mass is 15.3. The van der Waals surface area contributed by atoms with Crippen LogP contribution in [0.15, 0.2) is 4.99 Å². The molecule has 0 aromatic carbocycles. The lowest BCUT2D eigenvalue weighted by atomic mass is 10.0. The van der Waals surface area contributed by atoms with E-state index in [2.05, 4.69) is 52.8 Å². The summed E-state index contributed by atoms with van der Waals surface area (Å²) >= 11 is 0. The minimum atomic E-state index is 0.484. The Kier molecular flexibility index (Phi) is 7.78. The molecule has 6 heteroatoms. The molecule has 0 saturated carbocycles. The fourth-order valence-corrected chi connectivity index (χ4v) is 3.91. The number of nitrogens with one attached hydrogen (secondary N) is 1. The van der Waals surface area contributed by atoms with Gasteiger partial charge < -0.3 is 16.0 Å². The fourth-order valence-electron chi connectivity index (χ4n) is 3.91. The first kappa shape index (κ1) is 19.5. The lowest BCUT2D eigenvalue weighted by Crippen LogP contribution is -2.52. The molecule has 0 amide bonds. The number of hydrogen-bond acceptors (Lipinski definition) is 4. The maximum absolute atomic E-state index is 6.13. The smallest absolute Gasteiger partial charge is 0.188 e. The Hall–Kier alpha value is -0.850. The number of likely N-dealkylation sites (N-methyl/N-ethyl adjacent to an activating group) is 2. The summed E-state index contributed by atoms with van der Waals surface area (Å²) in [5, 5.41) is 3.35. The van der Waals surface area contributed by atoms with Gasteiger partial charge in [-0.1, -0.05) is 20.8 Å². The van der Waals surface area contributed by atoms with Gasteiger partial charge in [0.15, 0.2) is 5.96 Å². The molecule has 0 spiro atoms. The summed E-state index contributed by atoms with van der Waals surface area (Å²) in [5.74, 6) is 1.20. The molecule has 3 N–H and O–H groups in total. The highest BCUT2D eigenvalue weighted by Gasteiger charge is 2.25. The molecule has 2 saturated heterocycles. The number of nitrogens with zero attached hydrogens (tertiary/aromatic N) is 4. The minimum Gasteiger partial charge on any atom is -0.370 e. The van der Waals surface area contributed by atoms with Gasteiger partial charge in [-0.25, -0.2) is 0 Å². The van der Waals surface area contributed by atoms with Crippen LogP contribution in [0.25, 0.3) is 0 Å². The van der Waals surface area contributed by atoms with Gasteiger partial charge in [0.1, 0.15) is 0 Å². The summed E-state index contributed by atoms with van der Waals surface area (Å²) in [7, 11) is 2.20. The summed E-state index contributed by atoms with van der Waals surface area (Å²) in [4.78, 5) is 12.2. The SMILES string of the molecule is CCN1CCCC1CNC(N)=NCC(C(C)C)N1CCN(C)CC1. The molecule has 0 aliphatic carbocycles. The zero-order valence-electron chi connectivity index (χ0n) is 16.2. The molecule has 2 aliphatic heterocycles. The zero-order valence-corrected chi connectivity index (χ0v) is 16.2. The molecule has 2 atom stereocenters. The van der Waals surface area contributed by atoms with E-state index in [-0.39, 0.29) is 0 Å². The highest BCUT2D eigenvalue weighted by Crippen LogP contribution is 2.16. The van der Waals surface area contributed by atoms with Crippen molar-refractivity contribution in [2.75, 3.05) is 59.4 Å². The molecule has 2 rings (SSSR count). The Morgan fingerprint density at radius 2 is 1.92 bits per heavy atom. The van der Waals surface area contributed by atoms with Crippen LogP contribution in [-0.4, -0.2) is 92.1 Å². The maximum atomic E-state index is 6.13. The zero-order chi connectivity index (χ0) is 17.5. The number of nitrogens with two attached hydrogens (primary N) is 1. The van der Waals surface area contributed by atoms with E-state index in [0.717, 1.165) is 45.8 Å². The lowest BCUT2D eigenvalue weighted by molar-refractivity contribution is 0.0925. The quantitative estimate of drug-likeness (QED) is 0.527. The third kappa shape index (κ3) is 5.60. The first-order chi connectivity index (χ1) is 11.5. The van der Waals surface area contributed by atoms with Gasteiger partial charge in [-0.3, -0.25) is 14.8 Å². The predicted octanol–water partition coefficient (Wildman–Crippen LogP) is 0.647. The maximum Gasteiger partial charge on any atom is 0.188 e. The Morgan fingerprint density at radius 1 is 1.21 bits per heavy atom. The largest absolute Gasteiger partial charge is 0.370 e. The van der Waals surface area contributed by atoms with E-state index in [1.165, 1.54) is 19.4 Å². The third-order valence-corrected chi connectivity index (χ3v) is 5.65. The van der Waals surface area contributed by atoms with Crippen molar-refractivity contribution in [1.82, 2.24) is 20.0 Å². The van der Waals surface area contributed by atoms with E-state index in [4.69, 9.17) is 5.73 Å². The highest BCUT2D eigenvalue weighted by molar-refractivity contribution is 5.77. The van der Waals surface area contributed by atoms with Crippen LogP contribution in [0.5, 0.6) is 0 Å². The van der Waals surface area contributed by atoms with Crippen LogP contribution >= 0.6 is 0 Å². The van der Waals surface area contributed by atoms with Gasteiger partial charge in [-0.2, -0.15) is 0 Å². The van der Waals surface area contributed by atoms with Gasteiger partial charge in [0.05, 0.1) is 6.54 Å². The van der Waals surface area contributed by atoms with Crippen molar-refractivity contribution < 1.29 is 0 Å². The molecule has 0 aromatic rings. The van der Waals surface area contributed by atoms with E-state index in [0.29, 0.717) is 24.0 Å². The molecular formula is C18H38N6. The van der Waals surface area contributed by atoms with Crippen molar-refractivity contribution in [1.29, 1.82) is 0 Å². The normalized spacial score (nSPS) is 26.2. The molecule has 2 fully saturated rings.